The number of hydrogen-bond donors (Lipinski definition) is 0. The molecule has 1 saturated heterocycles. The zero-order chi connectivity index (χ0) is 14.7. The van der Waals surface area contributed by atoms with Gasteiger partial charge >= 0.3 is 5.69 Å². The van der Waals surface area contributed by atoms with Crippen LogP contribution in [0.2, 0.25) is 0 Å². The van der Waals surface area contributed by atoms with Crippen LogP contribution in [0.1, 0.15) is 12.8 Å². The number of nitro groups is 1. The van der Waals surface area contributed by atoms with Gasteiger partial charge < -0.3 is 4.74 Å². The summed E-state index contributed by atoms with van der Waals surface area (Å²) in [4.78, 5) is 14.5. The monoisotopic (exact) mass is 308 g/mol. The Morgan fingerprint density at radius 1 is 1.57 bits per heavy atom. The van der Waals surface area contributed by atoms with Gasteiger partial charge in [0, 0.05) is 18.9 Å². The Morgan fingerprint density at radius 2 is 2.48 bits per heavy atom. The molecule has 0 aliphatic carbocycles. The van der Waals surface area contributed by atoms with E-state index < -0.39 is 4.92 Å². The van der Waals surface area contributed by atoms with Crippen LogP contribution in [0, 0.1) is 10.1 Å². The summed E-state index contributed by atoms with van der Waals surface area (Å²) < 4.78 is 7.14. The zero-order valence-corrected chi connectivity index (χ0v) is 11.8. The van der Waals surface area contributed by atoms with Crippen LogP contribution in [0.4, 0.5) is 5.69 Å². The predicted octanol–water partition coefficient (Wildman–Crippen LogP) is 1.31. The van der Waals surface area contributed by atoms with E-state index in [0.717, 1.165) is 31.2 Å². The molecule has 1 aliphatic rings. The highest BCUT2D eigenvalue weighted by Gasteiger charge is 2.22. The topological polar surface area (TPSA) is 109 Å². The van der Waals surface area contributed by atoms with E-state index in [1.54, 1.807) is 4.68 Å². The maximum Gasteiger partial charge on any atom is 0.301 e. The van der Waals surface area contributed by atoms with Gasteiger partial charge in [0.25, 0.3) is 0 Å². The predicted molar refractivity (Wildman–Crippen MR) is 71.8 cm³/mol. The summed E-state index contributed by atoms with van der Waals surface area (Å²) in [6.45, 7) is 1.29. The van der Waals surface area contributed by atoms with Crippen LogP contribution in [0.25, 0.3) is 0 Å². The summed E-state index contributed by atoms with van der Waals surface area (Å²) in [7, 11) is 0. The van der Waals surface area contributed by atoms with Gasteiger partial charge in [-0.25, -0.2) is 9.67 Å². The Kier molecular flexibility index (Phi) is 4.06. The van der Waals surface area contributed by atoms with Crippen LogP contribution >= 0.6 is 11.8 Å². The molecule has 0 N–H and O–H groups in total. The lowest BCUT2D eigenvalue weighted by Gasteiger charge is -2.09. The van der Waals surface area contributed by atoms with Crippen molar-refractivity contribution in [3.05, 3.63) is 28.4 Å². The molecule has 1 atom stereocenters. The Balaban J connectivity index is 1.79. The van der Waals surface area contributed by atoms with Crippen LogP contribution in [-0.2, 0) is 11.3 Å². The molecular formula is C11H12N6O3S. The first-order valence-corrected chi connectivity index (χ1v) is 7.20. The maximum absolute atomic E-state index is 11.0. The van der Waals surface area contributed by atoms with Crippen LogP contribution in [-0.4, -0.2) is 42.8 Å². The molecule has 3 heterocycles. The molecule has 9 nitrogen and oxygen atoms in total. The highest BCUT2D eigenvalue weighted by atomic mass is 32.2. The van der Waals surface area contributed by atoms with Crippen molar-refractivity contribution >= 4 is 17.4 Å². The molecule has 0 amide bonds. The fraction of sp³-hybridized carbons (Fsp3) is 0.455. The van der Waals surface area contributed by atoms with Crippen molar-refractivity contribution in [2.75, 3.05) is 6.61 Å². The zero-order valence-electron chi connectivity index (χ0n) is 11.0. The number of rotatable bonds is 5. The number of tetrazole rings is 1. The summed E-state index contributed by atoms with van der Waals surface area (Å²) >= 11 is 1.08. The summed E-state index contributed by atoms with van der Waals surface area (Å²) in [5.41, 5.74) is -0.0610. The quantitative estimate of drug-likeness (QED) is 0.600. The lowest BCUT2D eigenvalue weighted by molar-refractivity contribution is -0.388. The fourth-order valence-electron chi connectivity index (χ4n) is 2.05. The van der Waals surface area contributed by atoms with E-state index in [1.807, 2.05) is 0 Å². The average Bonchev–Trinajstić information content (AvgIpc) is 3.12. The van der Waals surface area contributed by atoms with Gasteiger partial charge in [0.05, 0.1) is 17.6 Å². The highest BCUT2D eigenvalue weighted by Crippen LogP contribution is 2.31. The van der Waals surface area contributed by atoms with Gasteiger partial charge in [0.1, 0.15) is 0 Å². The molecular weight excluding hydrogens is 296 g/mol. The minimum Gasteiger partial charge on any atom is -0.376 e. The minimum absolute atomic E-state index is 0.0610. The van der Waals surface area contributed by atoms with Gasteiger partial charge in [-0.2, -0.15) is 0 Å². The maximum atomic E-state index is 11.0. The molecule has 0 radical (unpaired) electrons. The van der Waals surface area contributed by atoms with Crippen molar-refractivity contribution in [3.8, 4) is 0 Å². The molecule has 2 aromatic heterocycles. The van der Waals surface area contributed by atoms with Crippen molar-refractivity contribution in [1.29, 1.82) is 0 Å². The fourth-order valence-corrected chi connectivity index (χ4v) is 2.88. The Hall–Kier alpha value is -2.07. The molecule has 0 bridgehead atoms. The van der Waals surface area contributed by atoms with Gasteiger partial charge in [-0.1, -0.05) is 0 Å². The van der Waals surface area contributed by atoms with Crippen molar-refractivity contribution in [2.24, 2.45) is 0 Å². The third-order valence-electron chi connectivity index (χ3n) is 3.04. The second-order valence-corrected chi connectivity index (χ2v) is 5.42. The Bertz CT molecular complexity index is 642. The van der Waals surface area contributed by atoms with Crippen molar-refractivity contribution in [1.82, 2.24) is 25.2 Å². The van der Waals surface area contributed by atoms with E-state index in [2.05, 4.69) is 20.5 Å². The average molecular weight is 308 g/mol. The molecule has 1 unspecified atom stereocenters. The summed E-state index contributed by atoms with van der Waals surface area (Å²) in [5, 5.41) is 23.2. The summed E-state index contributed by atoms with van der Waals surface area (Å²) in [5.74, 6) is 0. The number of aromatic nitrogens is 5. The van der Waals surface area contributed by atoms with Crippen LogP contribution in [0.15, 0.2) is 28.5 Å². The molecule has 2 aromatic rings. The first-order valence-electron chi connectivity index (χ1n) is 6.39. The number of ether oxygens (including phenoxy) is 1. The SMILES string of the molecule is O=[N+]([O-])c1cccnc1Sc1nnnn1CC1CCCO1. The van der Waals surface area contributed by atoms with E-state index in [0.29, 0.717) is 11.7 Å². The molecule has 10 heteroatoms. The standard InChI is InChI=1S/C11H12N6O3S/c18-17(19)9-4-1-5-12-10(9)21-11-13-14-15-16(11)7-8-3-2-6-20-8/h1,4-5,8H,2-3,6-7H2. The first kappa shape index (κ1) is 13.9. The Morgan fingerprint density at radius 3 is 3.24 bits per heavy atom. The highest BCUT2D eigenvalue weighted by molar-refractivity contribution is 7.99. The van der Waals surface area contributed by atoms with Gasteiger partial charge in [-0.3, -0.25) is 10.1 Å². The molecule has 21 heavy (non-hydrogen) atoms. The smallest absolute Gasteiger partial charge is 0.301 e. The number of hydrogen-bond acceptors (Lipinski definition) is 8. The molecule has 0 spiro atoms. The molecule has 110 valence electrons. The van der Waals surface area contributed by atoms with E-state index >= 15 is 0 Å². The second-order valence-electron chi connectivity index (χ2n) is 4.47. The molecule has 3 rings (SSSR count). The largest absolute Gasteiger partial charge is 0.376 e. The van der Waals surface area contributed by atoms with Gasteiger partial charge in [-0.05, 0) is 41.1 Å². The van der Waals surface area contributed by atoms with Gasteiger partial charge in [0.15, 0.2) is 5.03 Å². The number of pyridine rings is 1. The second kappa shape index (κ2) is 6.14. The molecule has 1 fully saturated rings. The lowest BCUT2D eigenvalue weighted by atomic mass is 10.2. The Labute approximate surface area is 123 Å². The van der Waals surface area contributed by atoms with Crippen LogP contribution in [0.5, 0.6) is 0 Å². The third kappa shape index (κ3) is 3.16. The van der Waals surface area contributed by atoms with Crippen molar-refractivity contribution in [3.63, 3.8) is 0 Å². The summed E-state index contributed by atoms with van der Waals surface area (Å²) in [6, 6.07) is 2.93. The van der Waals surface area contributed by atoms with E-state index in [-0.39, 0.29) is 16.8 Å². The molecule has 0 saturated carbocycles. The van der Waals surface area contributed by atoms with Crippen molar-refractivity contribution < 1.29 is 9.66 Å². The van der Waals surface area contributed by atoms with Gasteiger partial charge in [-0.15, -0.1) is 5.10 Å². The van der Waals surface area contributed by atoms with Gasteiger partial charge in [0.2, 0.25) is 5.16 Å². The van der Waals surface area contributed by atoms with Crippen molar-refractivity contribution in [2.45, 2.75) is 35.7 Å². The van der Waals surface area contributed by atoms with Crippen LogP contribution < -0.4 is 0 Å². The van der Waals surface area contributed by atoms with E-state index in [1.165, 1.54) is 18.3 Å². The number of nitrogens with zero attached hydrogens (tertiary/aromatic N) is 6. The lowest BCUT2D eigenvalue weighted by Crippen LogP contribution is -2.16. The normalized spacial score (nSPS) is 18.0. The summed E-state index contributed by atoms with van der Waals surface area (Å²) in [6.07, 6.45) is 3.59. The first-order chi connectivity index (χ1) is 10.2. The van der Waals surface area contributed by atoms with Crippen LogP contribution in [0.3, 0.4) is 0 Å². The van der Waals surface area contributed by atoms with E-state index in [4.69, 9.17) is 4.74 Å². The van der Waals surface area contributed by atoms with E-state index in [9.17, 15) is 10.1 Å². The molecule has 0 aromatic carbocycles. The minimum atomic E-state index is -0.469. The third-order valence-corrected chi connectivity index (χ3v) is 4.02. The molecule has 1 aliphatic heterocycles.